The van der Waals surface area contributed by atoms with Crippen molar-refractivity contribution < 1.29 is 19.1 Å². The molecule has 0 saturated carbocycles. The van der Waals surface area contributed by atoms with Gasteiger partial charge in [0.05, 0.1) is 0 Å². The quantitative estimate of drug-likeness (QED) is 0.192. The van der Waals surface area contributed by atoms with Crippen molar-refractivity contribution in [2.75, 3.05) is 14.2 Å². The van der Waals surface area contributed by atoms with Gasteiger partial charge in [-0.25, -0.2) is 0 Å². The molecule has 0 fully saturated rings. The second-order valence-corrected chi connectivity index (χ2v) is 3.70. The summed E-state index contributed by atoms with van der Waals surface area (Å²) in [6, 6.07) is 0. The van der Waals surface area contributed by atoms with Crippen LogP contribution < -0.4 is 0 Å². The summed E-state index contributed by atoms with van der Waals surface area (Å²) in [6.45, 7) is 3.61. The largest absolute Gasteiger partial charge is 0.361 e. The molecule has 96 valence electrons. The summed E-state index contributed by atoms with van der Waals surface area (Å²) >= 11 is 0. The summed E-state index contributed by atoms with van der Waals surface area (Å²) in [7, 11) is 3.16. The number of rotatable bonds is 10. The minimum Gasteiger partial charge on any atom is -0.361 e. The molecule has 0 aromatic carbocycles. The van der Waals surface area contributed by atoms with Gasteiger partial charge in [-0.05, 0) is 25.7 Å². The fourth-order valence-electron chi connectivity index (χ4n) is 1.60. The first-order chi connectivity index (χ1) is 8.19. The molecule has 0 aromatic heterocycles. The Morgan fingerprint density at radius 2 is 2.06 bits per heavy atom. The first-order valence-corrected chi connectivity index (χ1v) is 5.57. The van der Waals surface area contributed by atoms with E-state index in [0.717, 1.165) is 19.1 Å². The molecule has 0 aliphatic heterocycles. The SMILES string of the molecule is C=CCC(CCCC(OC)OC)C(=O)C=[N+]=[N-]. The number of methoxy groups -OCH3 is 2. The van der Waals surface area contributed by atoms with Crippen LogP contribution in [0.15, 0.2) is 12.7 Å². The highest BCUT2D eigenvalue weighted by Gasteiger charge is 2.18. The molecule has 1 atom stereocenters. The zero-order chi connectivity index (χ0) is 13.1. The Kier molecular flexibility index (Phi) is 9.15. The molecule has 0 amide bonds. The summed E-state index contributed by atoms with van der Waals surface area (Å²) in [6.07, 6.45) is 5.20. The van der Waals surface area contributed by atoms with E-state index in [1.165, 1.54) is 0 Å². The van der Waals surface area contributed by atoms with Crippen molar-refractivity contribution in [3.05, 3.63) is 18.2 Å². The molecule has 0 aliphatic rings. The van der Waals surface area contributed by atoms with E-state index in [0.29, 0.717) is 12.8 Å². The van der Waals surface area contributed by atoms with Gasteiger partial charge in [0.2, 0.25) is 5.78 Å². The van der Waals surface area contributed by atoms with Crippen molar-refractivity contribution >= 4 is 12.0 Å². The summed E-state index contributed by atoms with van der Waals surface area (Å²) in [5.41, 5.74) is 8.33. The fraction of sp³-hybridized carbons (Fsp3) is 0.667. The maximum atomic E-state index is 11.5. The minimum atomic E-state index is -0.235. The molecular weight excluding hydrogens is 220 g/mol. The van der Waals surface area contributed by atoms with Gasteiger partial charge in [-0.15, -0.1) is 6.58 Å². The Bertz CT molecular complexity index is 281. The number of hydrogen-bond donors (Lipinski definition) is 0. The van der Waals surface area contributed by atoms with Crippen LogP contribution in [0.1, 0.15) is 25.7 Å². The normalized spacial score (nSPS) is 11.9. The molecule has 5 heteroatoms. The Balaban J connectivity index is 4.12. The average molecular weight is 240 g/mol. The summed E-state index contributed by atoms with van der Waals surface area (Å²) in [4.78, 5) is 14.3. The van der Waals surface area contributed by atoms with Crippen LogP contribution in [0.25, 0.3) is 5.53 Å². The summed E-state index contributed by atoms with van der Waals surface area (Å²) in [5.74, 6) is -0.364. The lowest BCUT2D eigenvalue weighted by Crippen LogP contribution is -2.18. The van der Waals surface area contributed by atoms with Gasteiger partial charge in [-0.2, -0.15) is 4.79 Å². The molecule has 0 aromatic rings. The number of hydrogen-bond acceptors (Lipinski definition) is 3. The van der Waals surface area contributed by atoms with E-state index in [4.69, 9.17) is 15.0 Å². The van der Waals surface area contributed by atoms with Crippen LogP contribution in [0.5, 0.6) is 0 Å². The molecule has 0 bridgehead atoms. The maximum Gasteiger partial charge on any atom is 0.323 e. The van der Waals surface area contributed by atoms with E-state index < -0.39 is 0 Å². The van der Waals surface area contributed by atoms with Gasteiger partial charge in [0.1, 0.15) is 0 Å². The highest BCUT2D eigenvalue weighted by Crippen LogP contribution is 2.15. The van der Waals surface area contributed by atoms with E-state index >= 15 is 0 Å². The first kappa shape index (κ1) is 15.7. The predicted octanol–water partition coefficient (Wildman–Crippen LogP) is 1.84. The lowest BCUT2D eigenvalue weighted by atomic mass is 9.94. The second kappa shape index (κ2) is 9.90. The third-order valence-electron chi connectivity index (χ3n) is 2.56. The molecule has 0 rings (SSSR count). The van der Waals surface area contributed by atoms with Crippen LogP contribution in [-0.2, 0) is 14.3 Å². The van der Waals surface area contributed by atoms with Crippen molar-refractivity contribution in [2.45, 2.75) is 32.0 Å². The lowest BCUT2D eigenvalue weighted by Gasteiger charge is -2.14. The first-order valence-electron chi connectivity index (χ1n) is 5.57. The number of allylic oxidation sites excluding steroid dienone is 1. The van der Waals surface area contributed by atoms with Gasteiger partial charge < -0.3 is 15.0 Å². The van der Waals surface area contributed by atoms with E-state index in [1.54, 1.807) is 20.3 Å². The summed E-state index contributed by atoms with van der Waals surface area (Å²) in [5, 5.41) is 0. The zero-order valence-corrected chi connectivity index (χ0v) is 10.5. The molecule has 0 saturated heterocycles. The molecule has 0 N–H and O–H groups in total. The van der Waals surface area contributed by atoms with Crippen molar-refractivity contribution in [1.82, 2.24) is 0 Å². The molecule has 0 radical (unpaired) electrons. The fourth-order valence-corrected chi connectivity index (χ4v) is 1.60. The van der Waals surface area contributed by atoms with Crippen LogP contribution in [-0.4, -0.2) is 37.3 Å². The van der Waals surface area contributed by atoms with E-state index in [1.807, 2.05) is 0 Å². The van der Waals surface area contributed by atoms with E-state index in [-0.39, 0.29) is 18.0 Å². The molecule has 0 spiro atoms. The minimum absolute atomic E-state index is 0.182. The number of ether oxygens (including phenoxy) is 2. The van der Waals surface area contributed by atoms with Crippen LogP contribution in [0.3, 0.4) is 0 Å². The second-order valence-electron chi connectivity index (χ2n) is 3.70. The number of carbonyl (C=O) groups is 1. The van der Waals surface area contributed by atoms with E-state index in [9.17, 15) is 4.79 Å². The van der Waals surface area contributed by atoms with Gasteiger partial charge >= 0.3 is 6.21 Å². The molecule has 0 heterocycles. The predicted molar refractivity (Wildman–Crippen MR) is 64.7 cm³/mol. The molecular formula is C12H20N2O3. The van der Waals surface area contributed by atoms with Crippen LogP contribution in [0.2, 0.25) is 0 Å². The topological polar surface area (TPSA) is 71.9 Å². The van der Waals surface area contributed by atoms with Crippen molar-refractivity contribution in [1.29, 1.82) is 0 Å². The smallest absolute Gasteiger partial charge is 0.323 e. The zero-order valence-electron chi connectivity index (χ0n) is 10.5. The third kappa shape index (κ3) is 6.79. The number of Topliss-reactive ketones (excluding diaryl/α,β-unsaturated/α-hetero) is 1. The van der Waals surface area contributed by atoms with Gasteiger partial charge in [-0.1, -0.05) is 6.08 Å². The van der Waals surface area contributed by atoms with E-state index in [2.05, 4.69) is 11.4 Å². The average Bonchev–Trinajstić information content (AvgIpc) is 2.33. The van der Waals surface area contributed by atoms with Gasteiger partial charge in [-0.3, -0.25) is 4.79 Å². The van der Waals surface area contributed by atoms with Crippen molar-refractivity contribution in [3.63, 3.8) is 0 Å². The molecule has 0 aliphatic carbocycles. The Labute approximate surface area is 102 Å². The van der Waals surface area contributed by atoms with Gasteiger partial charge in [0, 0.05) is 20.1 Å². The third-order valence-corrected chi connectivity index (χ3v) is 2.56. The maximum absolute atomic E-state index is 11.5. The molecule has 1 unspecified atom stereocenters. The summed E-state index contributed by atoms with van der Waals surface area (Å²) < 4.78 is 10.1. The Morgan fingerprint density at radius 3 is 2.53 bits per heavy atom. The van der Waals surface area contributed by atoms with Gasteiger partial charge in [0.25, 0.3) is 0 Å². The lowest BCUT2D eigenvalue weighted by molar-refractivity contribution is -0.120. The van der Waals surface area contributed by atoms with Crippen LogP contribution in [0, 0.1) is 5.92 Å². The molecule has 5 nitrogen and oxygen atoms in total. The Hall–Kier alpha value is -1.29. The standard InChI is InChI=1S/C12H20N2O3/c1-4-6-10(11(15)9-14-13)7-5-8-12(16-2)17-3/h4,9-10,12H,1,5-8H2,2-3H3. The molecule has 17 heavy (non-hydrogen) atoms. The number of ketones is 1. The Morgan fingerprint density at radius 1 is 1.41 bits per heavy atom. The van der Waals surface area contributed by atoms with Crippen molar-refractivity contribution in [2.24, 2.45) is 5.92 Å². The van der Waals surface area contributed by atoms with Gasteiger partial charge in [0.15, 0.2) is 6.29 Å². The van der Waals surface area contributed by atoms with Crippen LogP contribution in [0.4, 0.5) is 0 Å². The van der Waals surface area contributed by atoms with Crippen molar-refractivity contribution in [3.8, 4) is 0 Å². The highest BCUT2D eigenvalue weighted by atomic mass is 16.7. The number of carbonyl (C=O) groups excluding carboxylic acids is 1. The number of nitrogens with zero attached hydrogens (tertiary/aromatic N) is 2. The van der Waals surface area contributed by atoms with Crippen LogP contribution >= 0.6 is 0 Å². The highest BCUT2D eigenvalue weighted by molar-refractivity contribution is 6.26. The monoisotopic (exact) mass is 240 g/mol.